The van der Waals surface area contributed by atoms with Crippen LogP contribution in [0.3, 0.4) is 0 Å². The van der Waals surface area contributed by atoms with E-state index in [1.165, 1.54) is 5.69 Å². The second-order valence-electron chi connectivity index (χ2n) is 4.33. The van der Waals surface area contributed by atoms with E-state index in [1.807, 2.05) is 24.3 Å². The third-order valence-corrected chi connectivity index (χ3v) is 3.21. The Morgan fingerprint density at radius 1 is 1.44 bits per heavy atom. The molecule has 1 unspecified atom stereocenters. The van der Waals surface area contributed by atoms with Gasteiger partial charge in [0.15, 0.2) is 0 Å². The summed E-state index contributed by atoms with van der Waals surface area (Å²) in [6.07, 6.45) is 0.795. The summed E-state index contributed by atoms with van der Waals surface area (Å²) in [5.41, 5.74) is 2.01. The van der Waals surface area contributed by atoms with Gasteiger partial charge in [-0.25, -0.2) is 0 Å². The SMILES string of the molecule is OCCC1CN(c2ccc(N=C=S)cc2)CCN1. The molecule has 0 saturated carbocycles. The van der Waals surface area contributed by atoms with Crippen LogP contribution in [0, 0.1) is 0 Å². The van der Waals surface area contributed by atoms with Gasteiger partial charge in [0.25, 0.3) is 0 Å². The number of nitrogens with zero attached hydrogens (tertiary/aromatic N) is 2. The van der Waals surface area contributed by atoms with E-state index in [0.717, 1.165) is 31.7 Å². The molecule has 96 valence electrons. The Kier molecular flexibility index (Phi) is 4.84. The maximum absolute atomic E-state index is 8.98. The normalized spacial score (nSPS) is 19.4. The van der Waals surface area contributed by atoms with E-state index in [9.17, 15) is 0 Å². The van der Waals surface area contributed by atoms with Crippen LogP contribution in [0.5, 0.6) is 0 Å². The molecule has 2 N–H and O–H groups in total. The van der Waals surface area contributed by atoms with E-state index in [1.54, 1.807) is 0 Å². The zero-order valence-electron chi connectivity index (χ0n) is 10.2. The molecule has 0 radical (unpaired) electrons. The second kappa shape index (κ2) is 6.61. The Morgan fingerprint density at radius 2 is 2.22 bits per heavy atom. The summed E-state index contributed by atoms with van der Waals surface area (Å²) in [5.74, 6) is 0. The van der Waals surface area contributed by atoms with Gasteiger partial charge in [-0.2, -0.15) is 4.99 Å². The van der Waals surface area contributed by atoms with Crippen molar-refractivity contribution < 1.29 is 5.11 Å². The first-order valence-electron chi connectivity index (χ1n) is 6.10. The van der Waals surface area contributed by atoms with Gasteiger partial charge in [0.2, 0.25) is 0 Å². The zero-order valence-corrected chi connectivity index (χ0v) is 11.0. The van der Waals surface area contributed by atoms with Crippen LogP contribution in [0.4, 0.5) is 11.4 Å². The lowest BCUT2D eigenvalue weighted by atomic mass is 10.1. The fourth-order valence-corrected chi connectivity index (χ4v) is 2.31. The molecule has 1 aromatic carbocycles. The number of aliphatic hydroxyl groups excluding tert-OH is 1. The van der Waals surface area contributed by atoms with Crippen LogP contribution < -0.4 is 10.2 Å². The molecule has 18 heavy (non-hydrogen) atoms. The molecule has 1 fully saturated rings. The van der Waals surface area contributed by atoms with Gasteiger partial charge in [0, 0.05) is 38.0 Å². The van der Waals surface area contributed by atoms with Gasteiger partial charge >= 0.3 is 0 Å². The number of nitrogens with one attached hydrogen (secondary N) is 1. The van der Waals surface area contributed by atoms with Crippen molar-refractivity contribution in [3.8, 4) is 0 Å². The fourth-order valence-electron chi connectivity index (χ4n) is 2.20. The molecule has 1 saturated heterocycles. The number of aliphatic imine (C=N–C) groups is 1. The van der Waals surface area contributed by atoms with Gasteiger partial charge in [-0.3, -0.25) is 0 Å². The van der Waals surface area contributed by atoms with Crippen LogP contribution in [-0.2, 0) is 0 Å². The number of rotatable bonds is 4. The first-order chi connectivity index (χ1) is 8.83. The lowest BCUT2D eigenvalue weighted by molar-refractivity contribution is 0.260. The van der Waals surface area contributed by atoms with Crippen LogP contribution in [0.2, 0.25) is 0 Å². The average molecular weight is 263 g/mol. The molecule has 4 nitrogen and oxygen atoms in total. The van der Waals surface area contributed by atoms with Crippen LogP contribution in [0.25, 0.3) is 0 Å². The number of thiocarbonyl (C=S) groups is 1. The van der Waals surface area contributed by atoms with Gasteiger partial charge in [0.1, 0.15) is 0 Å². The first-order valence-corrected chi connectivity index (χ1v) is 6.51. The molecular formula is C13H17N3OS. The third kappa shape index (κ3) is 3.37. The molecule has 5 heteroatoms. The van der Waals surface area contributed by atoms with E-state index in [4.69, 9.17) is 5.11 Å². The topological polar surface area (TPSA) is 47.9 Å². The Labute approximate surface area is 112 Å². The van der Waals surface area contributed by atoms with Gasteiger partial charge in [-0.15, -0.1) is 0 Å². The average Bonchev–Trinajstić information content (AvgIpc) is 2.41. The van der Waals surface area contributed by atoms with Crippen molar-refractivity contribution in [2.75, 3.05) is 31.1 Å². The molecule has 0 bridgehead atoms. The summed E-state index contributed by atoms with van der Waals surface area (Å²) >= 11 is 4.58. The number of hydrogen-bond acceptors (Lipinski definition) is 5. The van der Waals surface area contributed by atoms with E-state index in [2.05, 4.69) is 32.6 Å². The van der Waals surface area contributed by atoms with Gasteiger partial charge in [-0.05, 0) is 42.9 Å². The zero-order chi connectivity index (χ0) is 12.8. The van der Waals surface area contributed by atoms with Crippen molar-refractivity contribution >= 4 is 28.8 Å². The highest BCUT2D eigenvalue weighted by molar-refractivity contribution is 7.78. The smallest absolute Gasteiger partial charge is 0.0741 e. The van der Waals surface area contributed by atoms with Crippen LogP contribution >= 0.6 is 12.2 Å². The fraction of sp³-hybridized carbons (Fsp3) is 0.462. The van der Waals surface area contributed by atoms with E-state index in [-0.39, 0.29) is 6.61 Å². The van der Waals surface area contributed by atoms with Crippen molar-refractivity contribution in [1.82, 2.24) is 5.32 Å². The minimum Gasteiger partial charge on any atom is -0.396 e. The van der Waals surface area contributed by atoms with Crippen molar-refractivity contribution in [3.05, 3.63) is 24.3 Å². The second-order valence-corrected chi connectivity index (χ2v) is 4.51. The summed E-state index contributed by atoms with van der Waals surface area (Å²) in [6, 6.07) is 8.34. The van der Waals surface area contributed by atoms with Crippen LogP contribution in [-0.4, -0.2) is 42.6 Å². The maximum atomic E-state index is 8.98. The maximum Gasteiger partial charge on any atom is 0.0741 e. The molecule has 0 spiro atoms. The van der Waals surface area contributed by atoms with Crippen LogP contribution in [0.1, 0.15) is 6.42 Å². The molecule has 0 aromatic heterocycles. The summed E-state index contributed by atoms with van der Waals surface area (Å²) in [6.45, 7) is 3.09. The van der Waals surface area contributed by atoms with E-state index in [0.29, 0.717) is 6.04 Å². The molecule has 1 heterocycles. The molecule has 1 aromatic rings. The highest BCUT2D eigenvalue weighted by Crippen LogP contribution is 2.20. The Morgan fingerprint density at radius 3 is 2.89 bits per heavy atom. The molecule has 0 aliphatic carbocycles. The Hall–Kier alpha value is -1.26. The highest BCUT2D eigenvalue weighted by atomic mass is 32.1. The lowest BCUT2D eigenvalue weighted by Gasteiger charge is -2.35. The van der Waals surface area contributed by atoms with Crippen molar-refractivity contribution in [2.45, 2.75) is 12.5 Å². The quantitative estimate of drug-likeness (QED) is 0.639. The standard InChI is InChI=1S/C13H17N3OS/c17-8-5-12-9-16(7-6-14-12)13-3-1-11(2-4-13)15-10-18/h1-4,12,14,17H,5-9H2. The van der Waals surface area contributed by atoms with Crippen molar-refractivity contribution in [3.63, 3.8) is 0 Å². The van der Waals surface area contributed by atoms with E-state index >= 15 is 0 Å². The number of benzene rings is 1. The minimum atomic E-state index is 0.230. The molecule has 0 amide bonds. The Bertz CT molecular complexity index is 426. The summed E-state index contributed by atoms with van der Waals surface area (Å²) < 4.78 is 0. The summed E-state index contributed by atoms with van der Waals surface area (Å²) in [4.78, 5) is 6.26. The predicted octanol–water partition coefficient (Wildman–Crippen LogP) is 1.58. The van der Waals surface area contributed by atoms with Crippen molar-refractivity contribution in [2.24, 2.45) is 4.99 Å². The van der Waals surface area contributed by atoms with E-state index < -0.39 is 0 Å². The van der Waals surface area contributed by atoms with Gasteiger partial charge in [-0.1, -0.05) is 0 Å². The molecular weight excluding hydrogens is 246 g/mol. The number of hydrogen-bond donors (Lipinski definition) is 2. The third-order valence-electron chi connectivity index (χ3n) is 3.12. The van der Waals surface area contributed by atoms with Crippen LogP contribution in [0.15, 0.2) is 29.3 Å². The minimum absolute atomic E-state index is 0.230. The van der Waals surface area contributed by atoms with Gasteiger partial charge < -0.3 is 15.3 Å². The molecule has 1 atom stereocenters. The first kappa shape index (κ1) is 13.2. The number of isothiocyanates is 1. The highest BCUT2D eigenvalue weighted by Gasteiger charge is 2.18. The molecule has 1 aliphatic rings. The predicted molar refractivity (Wildman–Crippen MR) is 76.8 cm³/mol. The molecule has 1 aliphatic heterocycles. The number of piperazine rings is 1. The summed E-state index contributed by atoms with van der Waals surface area (Å²) in [7, 11) is 0. The summed E-state index contributed by atoms with van der Waals surface area (Å²) in [5, 5.41) is 14.8. The Balaban J connectivity index is 2.03. The lowest BCUT2D eigenvalue weighted by Crippen LogP contribution is -2.51. The van der Waals surface area contributed by atoms with Crippen molar-refractivity contribution in [1.29, 1.82) is 0 Å². The number of anilines is 1. The number of aliphatic hydroxyl groups is 1. The van der Waals surface area contributed by atoms with Gasteiger partial charge in [0.05, 0.1) is 10.8 Å². The largest absolute Gasteiger partial charge is 0.396 e. The monoisotopic (exact) mass is 263 g/mol. The molecule has 2 rings (SSSR count).